The van der Waals surface area contributed by atoms with Gasteiger partial charge in [-0.05, 0) is 37.1 Å². The predicted molar refractivity (Wildman–Crippen MR) is 97.3 cm³/mol. The molecule has 140 valence electrons. The van der Waals surface area contributed by atoms with Crippen LogP contribution in [-0.4, -0.2) is 41.8 Å². The largest absolute Gasteiger partial charge is 0.477 e. The summed E-state index contributed by atoms with van der Waals surface area (Å²) >= 11 is 0. The molecule has 2 aliphatic rings. The Morgan fingerprint density at radius 1 is 1.11 bits per heavy atom. The maximum Gasteiger partial charge on any atom is 0.354 e. The van der Waals surface area contributed by atoms with E-state index in [0.717, 1.165) is 0 Å². The topological polar surface area (TPSA) is 101 Å². The molecule has 1 saturated heterocycles. The van der Waals surface area contributed by atoms with Crippen molar-refractivity contribution in [1.29, 1.82) is 0 Å². The lowest BCUT2D eigenvalue weighted by Crippen LogP contribution is -2.38. The number of piperidine rings is 1. The number of hydrogen-bond acceptors (Lipinski definition) is 6. The number of amides is 1. The average Bonchev–Trinajstić information content (AvgIpc) is 3.16. The Morgan fingerprint density at radius 3 is 2.67 bits per heavy atom. The molecule has 0 radical (unpaired) electrons. The molecular formula is C19H19N3O5. The number of carboxylic acids is 1. The number of carboxylic acid groups (broad SMARTS) is 1. The first-order chi connectivity index (χ1) is 13.1. The van der Waals surface area contributed by atoms with Crippen molar-refractivity contribution in [3.63, 3.8) is 0 Å². The maximum absolute atomic E-state index is 12.6. The first kappa shape index (κ1) is 17.1. The van der Waals surface area contributed by atoms with E-state index in [1.165, 1.54) is 6.07 Å². The van der Waals surface area contributed by atoms with Gasteiger partial charge in [-0.3, -0.25) is 4.79 Å². The third kappa shape index (κ3) is 3.64. The molecule has 1 fully saturated rings. The summed E-state index contributed by atoms with van der Waals surface area (Å²) in [6, 6.07) is 10.3. The number of nitrogens with one attached hydrogen (secondary N) is 1. The Balaban J connectivity index is 1.35. The molecule has 0 bridgehead atoms. The molecule has 3 heterocycles. The summed E-state index contributed by atoms with van der Waals surface area (Å²) in [7, 11) is 0. The van der Waals surface area contributed by atoms with Crippen LogP contribution in [0.2, 0.25) is 0 Å². The Labute approximate surface area is 155 Å². The number of carbonyl (C=O) groups is 2. The molecule has 4 rings (SSSR count). The molecule has 0 atom stereocenters. The first-order valence-corrected chi connectivity index (χ1v) is 8.76. The van der Waals surface area contributed by atoms with Crippen molar-refractivity contribution in [2.75, 3.05) is 30.1 Å². The number of nitrogens with zero attached hydrogens (tertiary/aromatic N) is 2. The van der Waals surface area contributed by atoms with Crippen molar-refractivity contribution in [1.82, 2.24) is 4.98 Å². The van der Waals surface area contributed by atoms with Crippen LogP contribution in [0.1, 0.15) is 23.3 Å². The summed E-state index contributed by atoms with van der Waals surface area (Å²) in [6.07, 6.45) is 1.35. The molecule has 8 nitrogen and oxygen atoms in total. The summed E-state index contributed by atoms with van der Waals surface area (Å²) in [5.74, 6) is 0.763. The van der Waals surface area contributed by atoms with Crippen LogP contribution in [0.15, 0.2) is 36.4 Å². The van der Waals surface area contributed by atoms with Gasteiger partial charge in [0.25, 0.3) is 0 Å². The van der Waals surface area contributed by atoms with E-state index in [4.69, 9.17) is 14.6 Å². The fourth-order valence-corrected chi connectivity index (χ4v) is 3.31. The minimum Gasteiger partial charge on any atom is -0.477 e. The van der Waals surface area contributed by atoms with Crippen LogP contribution in [-0.2, 0) is 4.79 Å². The van der Waals surface area contributed by atoms with Gasteiger partial charge in [-0.25, -0.2) is 9.78 Å². The van der Waals surface area contributed by atoms with Gasteiger partial charge in [-0.15, -0.1) is 0 Å². The van der Waals surface area contributed by atoms with Gasteiger partial charge < -0.3 is 24.8 Å². The molecule has 2 aromatic rings. The highest BCUT2D eigenvalue weighted by Gasteiger charge is 2.26. The first-order valence-electron chi connectivity index (χ1n) is 8.76. The molecule has 1 aromatic heterocycles. The second-order valence-electron chi connectivity index (χ2n) is 6.50. The van der Waals surface area contributed by atoms with E-state index in [1.807, 2.05) is 4.90 Å². The fourth-order valence-electron chi connectivity index (χ4n) is 3.31. The van der Waals surface area contributed by atoms with Gasteiger partial charge in [0.05, 0.1) is 0 Å². The van der Waals surface area contributed by atoms with Crippen LogP contribution in [0, 0.1) is 5.92 Å². The summed E-state index contributed by atoms with van der Waals surface area (Å²) < 4.78 is 10.6. The third-order valence-corrected chi connectivity index (χ3v) is 4.78. The predicted octanol–water partition coefficient (Wildman–Crippen LogP) is 2.36. The number of hydrogen-bond donors (Lipinski definition) is 2. The van der Waals surface area contributed by atoms with Crippen molar-refractivity contribution in [2.24, 2.45) is 5.92 Å². The Kier molecular flexibility index (Phi) is 4.53. The highest BCUT2D eigenvalue weighted by atomic mass is 16.7. The Hall–Kier alpha value is -3.29. The highest BCUT2D eigenvalue weighted by Crippen LogP contribution is 2.34. The normalized spacial score (nSPS) is 16.2. The van der Waals surface area contributed by atoms with Crippen LogP contribution >= 0.6 is 0 Å². The van der Waals surface area contributed by atoms with Crippen LogP contribution in [0.4, 0.5) is 11.5 Å². The van der Waals surface area contributed by atoms with Crippen LogP contribution in [0.3, 0.4) is 0 Å². The van der Waals surface area contributed by atoms with Crippen LogP contribution in [0.5, 0.6) is 11.5 Å². The molecule has 0 aliphatic carbocycles. The number of rotatable bonds is 4. The SMILES string of the molecule is O=C(O)c1cccc(N2CCC(C(=O)Nc3ccc4c(c3)OCO4)CC2)n1. The average molecular weight is 369 g/mol. The van der Waals surface area contributed by atoms with Crippen molar-refractivity contribution in [3.05, 3.63) is 42.1 Å². The number of anilines is 2. The van der Waals surface area contributed by atoms with E-state index >= 15 is 0 Å². The summed E-state index contributed by atoms with van der Waals surface area (Å²) in [5.41, 5.74) is 0.706. The van der Waals surface area contributed by atoms with Gasteiger partial charge >= 0.3 is 5.97 Å². The molecule has 0 spiro atoms. The minimum atomic E-state index is -1.05. The second kappa shape index (κ2) is 7.14. The van der Waals surface area contributed by atoms with Gasteiger partial charge in [0.15, 0.2) is 17.2 Å². The lowest BCUT2D eigenvalue weighted by Gasteiger charge is -2.32. The highest BCUT2D eigenvalue weighted by molar-refractivity contribution is 5.93. The molecule has 2 N–H and O–H groups in total. The summed E-state index contributed by atoms with van der Waals surface area (Å²) in [6.45, 7) is 1.49. The van der Waals surface area contributed by atoms with Crippen molar-refractivity contribution >= 4 is 23.4 Å². The van der Waals surface area contributed by atoms with E-state index in [2.05, 4.69) is 10.3 Å². The van der Waals surface area contributed by atoms with Crippen molar-refractivity contribution in [2.45, 2.75) is 12.8 Å². The Morgan fingerprint density at radius 2 is 1.89 bits per heavy atom. The number of fused-ring (bicyclic) bond motifs is 1. The van der Waals surface area contributed by atoms with Gasteiger partial charge in [-0.1, -0.05) is 6.07 Å². The molecule has 27 heavy (non-hydrogen) atoms. The van der Waals surface area contributed by atoms with E-state index in [9.17, 15) is 9.59 Å². The number of ether oxygens (including phenoxy) is 2. The molecule has 1 aromatic carbocycles. The van der Waals surface area contributed by atoms with Crippen molar-refractivity contribution < 1.29 is 24.2 Å². The van der Waals surface area contributed by atoms with Gasteiger partial charge in [0.1, 0.15) is 5.82 Å². The molecule has 2 aliphatic heterocycles. The molecule has 0 saturated carbocycles. The van der Waals surface area contributed by atoms with E-state index in [-0.39, 0.29) is 24.3 Å². The van der Waals surface area contributed by atoms with E-state index in [0.29, 0.717) is 48.9 Å². The molecule has 1 amide bonds. The number of aromatic nitrogens is 1. The van der Waals surface area contributed by atoms with E-state index in [1.54, 1.807) is 30.3 Å². The zero-order valence-corrected chi connectivity index (χ0v) is 14.6. The molecule has 8 heteroatoms. The van der Waals surface area contributed by atoms with E-state index < -0.39 is 5.97 Å². The fraction of sp³-hybridized carbons (Fsp3) is 0.316. The second-order valence-corrected chi connectivity index (χ2v) is 6.50. The smallest absolute Gasteiger partial charge is 0.354 e. The number of benzene rings is 1. The quantitative estimate of drug-likeness (QED) is 0.853. The van der Waals surface area contributed by atoms with Crippen LogP contribution in [0.25, 0.3) is 0 Å². The summed E-state index contributed by atoms with van der Waals surface area (Å²) in [5, 5.41) is 12.0. The number of aromatic carboxylic acids is 1. The molecule has 0 unspecified atom stereocenters. The molecular weight excluding hydrogens is 350 g/mol. The zero-order chi connectivity index (χ0) is 18.8. The third-order valence-electron chi connectivity index (χ3n) is 4.78. The maximum atomic E-state index is 12.6. The van der Waals surface area contributed by atoms with Crippen molar-refractivity contribution in [3.8, 4) is 11.5 Å². The standard InChI is InChI=1S/C19H19N3O5/c23-18(20-13-4-5-15-16(10-13)27-11-26-15)12-6-8-22(9-7-12)17-3-1-2-14(21-17)19(24)25/h1-5,10,12H,6-9,11H2,(H,20,23)(H,24,25). The monoisotopic (exact) mass is 369 g/mol. The summed E-state index contributed by atoms with van der Waals surface area (Å²) in [4.78, 5) is 29.8. The Bertz CT molecular complexity index is 877. The minimum absolute atomic E-state index is 0.0233. The zero-order valence-electron chi connectivity index (χ0n) is 14.6. The lowest BCUT2D eigenvalue weighted by atomic mass is 9.95. The number of pyridine rings is 1. The van der Waals surface area contributed by atoms with Gasteiger partial charge in [0.2, 0.25) is 12.7 Å². The van der Waals surface area contributed by atoms with Gasteiger partial charge in [-0.2, -0.15) is 0 Å². The number of carbonyl (C=O) groups excluding carboxylic acids is 1. The lowest BCUT2D eigenvalue weighted by molar-refractivity contribution is -0.120. The van der Waals surface area contributed by atoms with Gasteiger partial charge in [0, 0.05) is 30.8 Å². The van der Waals surface area contributed by atoms with Crippen LogP contribution < -0.4 is 19.7 Å².